The summed E-state index contributed by atoms with van der Waals surface area (Å²) in [6, 6.07) is 6.99. The van der Waals surface area contributed by atoms with E-state index >= 15 is 0 Å². The highest BCUT2D eigenvalue weighted by Gasteiger charge is 2.33. The van der Waals surface area contributed by atoms with Crippen LogP contribution in [0.15, 0.2) is 24.3 Å². The van der Waals surface area contributed by atoms with Gasteiger partial charge in [0.05, 0.1) is 54.1 Å². The lowest BCUT2D eigenvalue weighted by Crippen LogP contribution is -2.47. The van der Waals surface area contributed by atoms with Crippen LogP contribution in [-0.4, -0.2) is 97.8 Å². The van der Waals surface area contributed by atoms with Gasteiger partial charge in [-0.2, -0.15) is 5.10 Å². The number of nitrogens with zero attached hydrogens (tertiary/aromatic N) is 5. The molecule has 0 bridgehead atoms. The third-order valence-electron chi connectivity index (χ3n) is 7.09. The Morgan fingerprint density at radius 3 is 2.42 bits per heavy atom. The van der Waals surface area contributed by atoms with Crippen molar-refractivity contribution in [1.82, 2.24) is 24.6 Å². The van der Waals surface area contributed by atoms with Gasteiger partial charge in [-0.1, -0.05) is 0 Å². The summed E-state index contributed by atoms with van der Waals surface area (Å²) < 4.78 is 37.0. The zero-order chi connectivity index (χ0) is 25.6. The molecule has 3 aromatic rings. The van der Waals surface area contributed by atoms with Crippen molar-refractivity contribution in [3.63, 3.8) is 0 Å². The average Bonchev–Trinajstić information content (AvgIpc) is 3.41. The zero-order valence-corrected chi connectivity index (χ0v) is 21.8. The molecule has 2 aliphatic heterocycles. The van der Waals surface area contributed by atoms with E-state index in [1.165, 1.54) is 0 Å². The molecular weight excluding hydrogens is 482 g/mol. The number of likely N-dealkylation sites (N-methyl/N-ethyl adjacent to an activating group) is 1. The topological polar surface area (TPSA) is 107 Å². The lowest BCUT2D eigenvalue weighted by Gasteiger charge is -2.32. The first-order chi connectivity index (χ1) is 17.2. The summed E-state index contributed by atoms with van der Waals surface area (Å²) >= 11 is 0. The number of aromatic nitrogens is 3. The van der Waals surface area contributed by atoms with Gasteiger partial charge in [-0.05, 0) is 44.7 Å². The van der Waals surface area contributed by atoms with E-state index in [0.717, 1.165) is 18.7 Å². The molecule has 0 radical (unpaired) electrons. The summed E-state index contributed by atoms with van der Waals surface area (Å²) in [4.78, 5) is 22.8. The van der Waals surface area contributed by atoms with Crippen LogP contribution in [0, 0.1) is 6.92 Å². The lowest BCUT2D eigenvalue weighted by molar-refractivity contribution is 0.0666. The van der Waals surface area contributed by atoms with E-state index in [4.69, 9.17) is 19.6 Å². The molecule has 4 heterocycles. The number of sulfone groups is 1. The van der Waals surface area contributed by atoms with Crippen LogP contribution in [0.3, 0.4) is 0 Å². The second-order valence-electron chi connectivity index (χ2n) is 9.51. The predicted molar refractivity (Wildman–Crippen MR) is 137 cm³/mol. The summed E-state index contributed by atoms with van der Waals surface area (Å²) in [6.45, 7) is 4.74. The van der Waals surface area contributed by atoms with Crippen LogP contribution in [0.1, 0.15) is 28.5 Å². The number of fused-ring (bicyclic) bond motifs is 1. The standard InChI is InChI=1S/C25H31N5O5S/c1-16-23-19(25(31)29-10-8-28(2)9-11-29)14-20(17-5-6-21(34-3)22(13-17)35-4)26-24(23)30(27-16)18-7-12-36(32,33)15-18/h5-6,13-14,18H,7-12,15H2,1-4H3. The molecular formula is C25H31N5O5S. The third-order valence-corrected chi connectivity index (χ3v) is 8.84. The van der Waals surface area contributed by atoms with Crippen LogP contribution in [0.25, 0.3) is 22.3 Å². The normalized spacial score (nSPS) is 20.1. The number of amides is 1. The van der Waals surface area contributed by atoms with Gasteiger partial charge in [0.1, 0.15) is 0 Å². The lowest BCUT2D eigenvalue weighted by atomic mass is 10.0. The number of carbonyl (C=O) groups excluding carboxylic acids is 1. The summed E-state index contributed by atoms with van der Waals surface area (Å²) in [7, 11) is 2.06. The number of aryl methyl sites for hydroxylation is 1. The highest BCUT2D eigenvalue weighted by atomic mass is 32.2. The van der Waals surface area contributed by atoms with Crippen molar-refractivity contribution in [2.24, 2.45) is 0 Å². The molecule has 1 atom stereocenters. The third kappa shape index (κ3) is 4.41. The van der Waals surface area contributed by atoms with E-state index < -0.39 is 9.84 Å². The van der Waals surface area contributed by atoms with E-state index in [-0.39, 0.29) is 23.5 Å². The van der Waals surface area contributed by atoms with Crippen molar-refractivity contribution in [2.45, 2.75) is 19.4 Å². The molecule has 2 fully saturated rings. The van der Waals surface area contributed by atoms with Gasteiger partial charge in [0.25, 0.3) is 5.91 Å². The molecule has 11 heteroatoms. The molecule has 10 nitrogen and oxygen atoms in total. The van der Waals surface area contributed by atoms with Crippen LogP contribution < -0.4 is 9.47 Å². The number of ether oxygens (including phenoxy) is 2. The molecule has 1 amide bonds. The molecule has 2 aromatic heterocycles. The first kappa shape index (κ1) is 24.5. The SMILES string of the molecule is COc1ccc(-c2cc(C(=O)N3CCN(C)CC3)c3c(C)nn(C4CCS(=O)(=O)C4)c3n2)cc1OC. The Hall–Kier alpha value is -3.18. The summed E-state index contributed by atoms with van der Waals surface area (Å²) in [5.41, 5.74) is 3.06. The van der Waals surface area contributed by atoms with Crippen LogP contribution >= 0.6 is 0 Å². The molecule has 0 aliphatic carbocycles. The molecule has 0 saturated carbocycles. The van der Waals surface area contributed by atoms with Crippen molar-refractivity contribution in [2.75, 3.05) is 59.0 Å². The maximum Gasteiger partial charge on any atom is 0.254 e. The largest absolute Gasteiger partial charge is 0.493 e. The van der Waals surface area contributed by atoms with Gasteiger partial charge < -0.3 is 19.3 Å². The van der Waals surface area contributed by atoms with Crippen molar-refractivity contribution >= 4 is 26.8 Å². The maximum atomic E-state index is 13.8. The molecule has 5 rings (SSSR count). The number of carbonyl (C=O) groups is 1. The van der Waals surface area contributed by atoms with E-state index in [1.807, 2.05) is 37.1 Å². The highest BCUT2D eigenvalue weighted by molar-refractivity contribution is 7.91. The second kappa shape index (κ2) is 9.36. The first-order valence-electron chi connectivity index (χ1n) is 12.0. The van der Waals surface area contributed by atoms with Gasteiger partial charge in [0, 0.05) is 31.7 Å². The molecule has 2 aliphatic rings. The van der Waals surface area contributed by atoms with Crippen molar-refractivity contribution < 1.29 is 22.7 Å². The van der Waals surface area contributed by atoms with Crippen molar-refractivity contribution in [1.29, 1.82) is 0 Å². The van der Waals surface area contributed by atoms with Gasteiger partial charge in [0.2, 0.25) is 0 Å². The Morgan fingerprint density at radius 1 is 1.06 bits per heavy atom. The second-order valence-corrected chi connectivity index (χ2v) is 11.7. The molecule has 1 aromatic carbocycles. The Labute approximate surface area is 210 Å². The molecule has 36 heavy (non-hydrogen) atoms. The van der Waals surface area contributed by atoms with Crippen molar-refractivity contribution in [3.8, 4) is 22.8 Å². The Kier molecular flexibility index (Phi) is 6.37. The average molecular weight is 514 g/mol. The van der Waals surface area contributed by atoms with E-state index in [9.17, 15) is 13.2 Å². The van der Waals surface area contributed by atoms with E-state index in [2.05, 4.69) is 4.90 Å². The number of benzene rings is 1. The molecule has 192 valence electrons. The molecule has 1 unspecified atom stereocenters. The van der Waals surface area contributed by atoms with Crippen molar-refractivity contribution in [3.05, 3.63) is 35.5 Å². The zero-order valence-electron chi connectivity index (χ0n) is 21.0. The Morgan fingerprint density at radius 2 is 1.78 bits per heavy atom. The van der Waals surface area contributed by atoms with Crippen LogP contribution in [-0.2, 0) is 9.84 Å². The molecule has 0 spiro atoms. The summed E-state index contributed by atoms with van der Waals surface area (Å²) in [6.07, 6.45) is 0.475. The minimum atomic E-state index is -3.13. The number of hydrogen-bond acceptors (Lipinski definition) is 8. The van der Waals surface area contributed by atoms with Gasteiger partial charge in [-0.15, -0.1) is 0 Å². The number of pyridine rings is 1. The number of hydrogen-bond donors (Lipinski definition) is 0. The minimum absolute atomic E-state index is 0.0211. The van der Waals surface area contributed by atoms with Gasteiger partial charge in [-0.25, -0.2) is 18.1 Å². The first-order valence-corrected chi connectivity index (χ1v) is 13.8. The fourth-order valence-electron chi connectivity index (χ4n) is 5.03. The summed E-state index contributed by atoms with van der Waals surface area (Å²) in [5.74, 6) is 1.22. The van der Waals surface area contributed by atoms with Crippen LogP contribution in [0.5, 0.6) is 11.5 Å². The van der Waals surface area contributed by atoms with E-state index in [1.54, 1.807) is 25.0 Å². The minimum Gasteiger partial charge on any atom is -0.493 e. The fourth-order valence-corrected chi connectivity index (χ4v) is 6.72. The molecule has 0 N–H and O–H groups in total. The maximum absolute atomic E-state index is 13.8. The summed E-state index contributed by atoms with van der Waals surface area (Å²) in [5, 5.41) is 5.37. The number of methoxy groups -OCH3 is 2. The van der Waals surface area contributed by atoms with Crippen LogP contribution in [0.4, 0.5) is 0 Å². The Bertz CT molecular complexity index is 1430. The van der Waals surface area contributed by atoms with Crippen LogP contribution in [0.2, 0.25) is 0 Å². The smallest absolute Gasteiger partial charge is 0.254 e. The van der Waals surface area contributed by atoms with Gasteiger partial charge >= 0.3 is 0 Å². The van der Waals surface area contributed by atoms with Gasteiger partial charge in [-0.3, -0.25) is 4.79 Å². The predicted octanol–water partition coefficient (Wildman–Crippen LogP) is 2.17. The molecule has 2 saturated heterocycles. The monoisotopic (exact) mass is 513 g/mol. The van der Waals surface area contributed by atoms with E-state index in [0.29, 0.717) is 59.0 Å². The Balaban J connectivity index is 1.69. The highest BCUT2D eigenvalue weighted by Crippen LogP contribution is 2.35. The number of piperazine rings is 1. The quantitative estimate of drug-likeness (QED) is 0.511. The fraction of sp³-hybridized carbons (Fsp3) is 0.480. The number of rotatable bonds is 5. The van der Waals surface area contributed by atoms with Gasteiger partial charge in [0.15, 0.2) is 27.0 Å².